The van der Waals surface area contributed by atoms with E-state index < -0.39 is 5.97 Å². The number of carboxylic acids is 1. The topological polar surface area (TPSA) is 72.5 Å². The number of anilines is 1. The highest BCUT2D eigenvalue weighted by Crippen LogP contribution is 2.24. The predicted molar refractivity (Wildman–Crippen MR) is 48.7 cm³/mol. The third kappa shape index (κ3) is 2.11. The Morgan fingerprint density at radius 2 is 2.31 bits per heavy atom. The predicted octanol–water partition coefficient (Wildman–Crippen LogP) is 0.904. The highest BCUT2D eigenvalue weighted by molar-refractivity contribution is 5.74. The normalized spacial score (nSPS) is 9.62. The molecule has 1 aromatic rings. The van der Waals surface area contributed by atoms with Crippen molar-refractivity contribution in [1.82, 2.24) is 0 Å². The number of rotatable bonds is 3. The first-order chi connectivity index (χ1) is 6.15. The third-order valence-corrected chi connectivity index (χ3v) is 1.72. The van der Waals surface area contributed by atoms with Crippen LogP contribution in [0.4, 0.5) is 5.69 Å². The minimum Gasteiger partial charge on any atom is -0.495 e. The lowest BCUT2D eigenvalue weighted by molar-refractivity contribution is -0.136. The lowest BCUT2D eigenvalue weighted by atomic mass is 10.1. The second-order valence-electron chi connectivity index (χ2n) is 2.60. The molecule has 0 radical (unpaired) electrons. The molecular weight excluding hydrogens is 170 g/mol. The molecule has 3 N–H and O–H groups in total. The van der Waals surface area contributed by atoms with Gasteiger partial charge in [-0.25, -0.2) is 0 Å². The van der Waals surface area contributed by atoms with Crippen LogP contribution in [-0.2, 0) is 11.2 Å². The van der Waals surface area contributed by atoms with Gasteiger partial charge in [-0.15, -0.1) is 0 Å². The van der Waals surface area contributed by atoms with E-state index in [9.17, 15) is 4.79 Å². The summed E-state index contributed by atoms with van der Waals surface area (Å²) in [6.07, 6.45) is -0.0803. The Morgan fingerprint density at radius 1 is 1.62 bits per heavy atom. The minimum absolute atomic E-state index is 0.0803. The molecule has 0 saturated heterocycles. The Kier molecular flexibility index (Phi) is 2.74. The summed E-state index contributed by atoms with van der Waals surface area (Å²) in [5.74, 6) is -0.390. The molecule has 4 nitrogen and oxygen atoms in total. The van der Waals surface area contributed by atoms with Crippen LogP contribution in [0.3, 0.4) is 0 Å². The van der Waals surface area contributed by atoms with E-state index >= 15 is 0 Å². The first-order valence-corrected chi connectivity index (χ1v) is 3.78. The van der Waals surface area contributed by atoms with Crippen molar-refractivity contribution in [1.29, 1.82) is 0 Å². The van der Waals surface area contributed by atoms with E-state index in [0.717, 1.165) is 0 Å². The summed E-state index contributed by atoms with van der Waals surface area (Å²) < 4.78 is 4.95. The number of hydrogen-bond acceptors (Lipinski definition) is 3. The maximum absolute atomic E-state index is 10.4. The highest BCUT2D eigenvalue weighted by Gasteiger charge is 2.07. The molecule has 0 heterocycles. The van der Waals surface area contributed by atoms with Gasteiger partial charge in [0.1, 0.15) is 5.75 Å². The van der Waals surface area contributed by atoms with Crippen LogP contribution >= 0.6 is 0 Å². The van der Waals surface area contributed by atoms with Crippen LogP contribution in [0.1, 0.15) is 5.56 Å². The SMILES string of the molecule is COc1cccc(CC(=O)O)c1N. The van der Waals surface area contributed by atoms with Crippen LogP contribution < -0.4 is 10.5 Å². The molecule has 13 heavy (non-hydrogen) atoms. The Morgan fingerprint density at radius 3 is 2.85 bits per heavy atom. The Bertz CT molecular complexity index is 323. The molecule has 0 bridgehead atoms. The molecule has 1 rings (SSSR count). The van der Waals surface area contributed by atoms with Gasteiger partial charge in [-0.2, -0.15) is 0 Å². The zero-order valence-electron chi connectivity index (χ0n) is 7.28. The average Bonchev–Trinajstić information content (AvgIpc) is 2.08. The molecule has 0 aliphatic rings. The number of benzene rings is 1. The van der Waals surface area contributed by atoms with Crippen molar-refractivity contribution in [3.05, 3.63) is 23.8 Å². The maximum Gasteiger partial charge on any atom is 0.307 e. The summed E-state index contributed by atoms with van der Waals surface area (Å²) in [5, 5.41) is 8.56. The van der Waals surface area contributed by atoms with Crippen molar-refractivity contribution in [3.8, 4) is 5.75 Å². The van der Waals surface area contributed by atoms with Crippen LogP contribution in [-0.4, -0.2) is 18.2 Å². The maximum atomic E-state index is 10.4. The number of hydrogen-bond donors (Lipinski definition) is 2. The van der Waals surface area contributed by atoms with E-state index in [1.54, 1.807) is 18.2 Å². The van der Waals surface area contributed by atoms with E-state index in [1.807, 2.05) is 0 Å². The fourth-order valence-corrected chi connectivity index (χ4v) is 1.08. The van der Waals surface area contributed by atoms with Crippen molar-refractivity contribution >= 4 is 11.7 Å². The van der Waals surface area contributed by atoms with Gasteiger partial charge in [-0.05, 0) is 11.6 Å². The Labute approximate surface area is 75.9 Å². The molecule has 4 heteroatoms. The van der Waals surface area contributed by atoms with E-state index in [2.05, 4.69) is 0 Å². The lowest BCUT2D eigenvalue weighted by Crippen LogP contribution is -2.04. The standard InChI is InChI=1S/C9H11NO3/c1-13-7-4-2-3-6(9(7)10)5-8(11)12/h2-4H,5,10H2,1H3,(H,11,12). The summed E-state index contributed by atoms with van der Waals surface area (Å²) in [6, 6.07) is 5.08. The van der Waals surface area contributed by atoms with E-state index in [4.69, 9.17) is 15.6 Å². The molecular formula is C9H11NO3. The summed E-state index contributed by atoms with van der Waals surface area (Å²) in [4.78, 5) is 10.4. The number of aliphatic carboxylic acids is 1. The van der Waals surface area contributed by atoms with Gasteiger partial charge in [0.2, 0.25) is 0 Å². The summed E-state index contributed by atoms with van der Waals surface area (Å²) >= 11 is 0. The zero-order chi connectivity index (χ0) is 9.84. The second kappa shape index (κ2) is 3.80. The molecule has 70 valence electrons. The largest absolute Gasteiger partial charge is 0.495 e. The number of para-hydroxylation sites is 1. The van der Waals surface area contributed by atoms with Gasteiger partial charge in [-0.1, -0.05) is 12.1 Å². The summed E-state index contributed by atoms with van der Waals surface area (Å²) in [6.45, 7) is 0. The first kappa shape index (κ1) is 9.38. The van der Waals surface area contributed by atoms with Gasteiger partial charge in [0.05, 0.1) is 19.2 Å². The molecule has 0 spiro atoms. The molecule has 0 saturated carbocycles. The van der Waals surface area contributed by atoms with Crippen molar-refractivity contribution in [2.45, 2.75) is 6.42 Å². The second-order valence-corrected chi connectivity index (χ2v) is 2.60. The number of nitrogen functional groups attached to an aromatic ring is 1. The van der Waals surface area contributed by atoms with Crippen LogP contribution in [0.2, 0.25) is 0 Å². The van der Waals surface area contributed by atoms with Crippen LogP contribution in [0, 0.1) is 0 Å². The Hall–Kier alpha value is -1.71. The minimum atomic E-state index is -0.903. The quantitative estimate of drug-likeness (QED) is 0.679. The van der Waals surface area contributed by atoms with Gasteiger partial charge in [-0.3, -0.25) is 4.79 Å². The number of methoxy groups -OCH3 is 1. The molecule has 0 aliphatic carbocycles. The highest BCUT2D eigenvalue weighted by atomic mass is 16.5. The zero-order valence-corrected chi connectivity index (χ0v) is 7.28. The van der Waals surface area contributed by atoms with Gasteiger partial charge in [0, 0.05) is 0 Å². The van der Waals surface area contributed by atoms with E-state index in [0.29, 0.717) is 17.0 Å². The van der Waals surface area contributed by atoms with Crippen molar-refractivity contribution in [2.75, 3.05) is 12.8 Å². The number of carboxylic acid groups (broad SMARTS) is 1. The fraction of sp³-hybridized carbons (Fsp3) is 0.222. The Balaban J connectivity index is 3.01. The van der Waals surface area contributed by atoms with Crippen molar-refractivity contribution < 1.29 is 14.6 Å². The van der Waals surface area contributed by atoms with E-state index in [1.165, 1.54) is 7.11 Å². The molecule has 0 aliphatic heterocycles. The third-order valence-electron chi connectivity index (χ3n) is 1.72. The van der Waals surface area contributed by atoms with Crippen LogP contribution in [0.5, 0.6) is 5.75 Å². The number of ether oxygens (including phenoxy) is 1. The smallest absolute Gasteiger partial charge is 0.307 e. The van der Waals surface area contributed by atoms with Gasteiger partial charge >= 0.3 is 5.97 Å². The van der Waals surface area contributed by atoms with E-state index in [-0.39, 0.29) is 6.42 Å². The molecule has 0 amide bonds. The van der Waals surface area contributed by atoms with Gasteiger partial charge < -0.3 is 15.6 Å². The summed E-state index contributed by atoms with van der Waals surface area (Å²) in [7, 11) is 1.50. The molecule has 0 unspecified atom stereocenters. The summed E-state index contributed by atoms with van der Waals surface area (Å²) in [5.41, 5.74) is 6.63. The van der Waals surface area contributed by atoms with Gasteiger partial charge in [0.15, 0.2) is 0 Å². The molecule has 1 aromatic carbocycles. The van der Waals surface area contributed by atoms with Crippen LogP contribution in [0.15, 0.2) is 18.2 Å². The monoisotopic (exact) mass is 181 g/mol. The fourth-order valence-electron chi connectivity index (χ4n) is 1.08. The molecule has 0 fully saturated rings. The lowest BCUT2D eigenvalue weighted by Gasteiger charge is -2.07. The average molecular weight is 181 g/mol. The van der Waals surface area contributed by atoms with Crippen molar-refractivity contribution in [2.24, 2.45) is 0 Å². The molecule has 0 aromatic heterocycles. The number of nitrogens with two attached hydrogens (primary N) is 1. The molecule has 0 atom stereocenters. The first-order valence-electron chi connectivity index (χ1n) is 3.78. The van der Waals surface area contributed by atoms with Crippen molar-refractivity contribution in [3.63, 3.8) is 0 Å². The van der Waals surface area contributed by atoms with Gasteiger partial charge in [0.25, 0.3) is 0 Å². The number of carbonyl (C=O) groups is 1. The van der Waals surface area contributed by atoms with Crippen LogP contribution in [0.25, 0.3) is 0 Å².